The van der Waals surface area contributed by atoms with E-state index in [-0.39, 0.29) is 5.91 Å². The van der Waals surface area contributed by atoms with Gasteiger partial charge in [0.1, 0.15) is 0 Å². The Morgan fingerprint density at radius 2 is 2.26 bits per heavy atom. The van der Waals surface area contributed by atoms with Crippen molar-refractivity contribution in [3.05, 3.63) is 28.5 Å². The van der Waals surface area contributed by atoms with Crippen LogP contribution < -0.4 is 5.32 Å². The summed E-state index contributed by atoms with van der Waals surface area (Å²) in [5, 5.41) is 2.86. The fourth-order valence-corrected chi connectivity index (χ4v) is 2.68. The average molecular weight is 277 g/mol. The Bertz CT molecular complexity index is 622. The lowest BCUT2D eigenvalue weighted by atomic mass is 10.2. The second kappa shape index (κ2) is 5.57. The highest BCUT2D eigenvalue weighted by molar-refractivity contribution is 7.17. The fourth-order valence-electron chi connectivity index (χ4n) is 1.80. The summed E-state index contributed by atoms with van der Waals surface area (Å²) in [5.41, 5.74) is 1.92. The number of nitrogens with one attached hydrogen (secondary N) is 1. The van der Waals surface area contributed by atoms with Crippen LogP contribution in [0.15, 0.2) is 12.3 Å². The van der Waals surface area contributed by atoms with Gasteiger partial charge in [-0.15, -0.1) is 11.3 Å². The third-order valence-corrected chi connectivity index (χ3v) is 3.64. The lowest BCUT2D eigenvalue weighted by molar-refractivity contribution is -0.116. The number of rotatable bonds is 4. The van der Waals surface area contributed by atoms with Crippen LogP contribution in [0.5, 0.6) is 0 Å². The van der Waals surface area contributed by atoms with Crippen LogP contribution in [0.1, 0.15) is 30.1 Å². The van der Waals surface area contributed by atoms with Gasteiger partial charge in [0.05, 0.1) is 11.4 Å². The molecule has 102 valence electrons. The Morgan fingerprint density at radius 3 is 2.95 bits per heavy atom. The predicted octanol–water partition coefficient (Wildman–Crippen LogP) is 2.80. The molecule has 0 atom stereocenters. The van der Waals surface area contributed by atoms with Gasteiger partial charge in [-0.25, -0.2) is 4.98 Å². The topological polar surface area (TPSA) is 46.4 Å². The molecule has 0 radical (unpaired) electrons. The third-order valence-electron chi connectivity index (χ3n) is 2.74. The fraction of sp³-hybridized carbons (Fsp3) is 0.429. The molecule has 4 nitrogen and oxygen atoms in total. The van der Waals surface area contributed by atoms with Crippen LogP contribution in [-0.4, -0.2) is 21.8 Å². The molecule has 1 amide bonds. The van der Waals surface area contributed by atoms with Crippen LogP contribution in [0.3, 0.4) is 0 Å². The van der Waals surface area contributed by atoms with Crippen molar-refractivity contribution in [2.24, 2.45) is 5.92 Å². The van der Waals surface area contributed by atoms with Crippen molar-refractivity contribution in [1.82, 2.24) is 14.7 Å². The molecule has 2 aromatic rings. The average Bonchev–Trinajstić information content (AvgIpc) is 2.79. The first-order valence-corrected chi connectivity index (χ1v) is 7.20. The second-order valence-corrected chi connectivity index (χ2v) is 6.26. The molecule has 19 heavy (non-hydrogen) atoms. The van der Waals surface area contributed by atoms with Crippen molar-refractivity contribution in [3.63, 3.8) is 0 Å². The minimum atomic E-state index is -0.0602. The van der Waals surface area contributed by atoms with Gasteiger partial charge in [0, 0.05) is 23.7 Å². The van der Waals surface area contributed by atoms with E-state index >= 15 is 0 Å². The van der Waals surface area contributed by atoms with Crippen LogP contribution in [-0.2, 0) is 4.79 Å². The van der Waals surface area contributed by atoms with Gasteiger partial charge in [-0.05, 0) is 25.8 Å². The Balaban J connectivity index is 2.16. The molecule has 2 aromatic heterocycles. The summed E-state index contributed by atoms with van der Waals surface area (Å²) in [4.78, 5) is 18.3. The van der Waals surface area contributed by atoms with Crippen molar-refractivity contribution in [2.45, 2.75) is 27.7 Å². The summed E-state index contributed by atoms with van der Waals surface area (Å²) in [6.45, 7) is 8.85. The number of amides is 1. The van der Waals surface area contributed by atoms with Gasteiger partial charge in [-0.2, -0.15) is 0 Å². The van der Waals surface area contributed by atoms with E-state index in [1.165, 1.54) is 4.88 Å². The Hall–Kier alpha value is -1.62. The standard InChI is InChI=1S/C14H19N3OS/c1-9(2)7-15-13(18)6-5-12-11(4)16-14-17(12)8-10(3)19-14/h5-6,8-9H,7H2,1-4H3,(H,15,18). The van der Waals surface area contributed by atoms with Gasteiger partial charge in [0.25, 0.3) is 0 Å². The monoisotopic (exact) mass is 277 g/mol. The predicted molar refractivity (Wildman–Crippen MR) is 79.4 cm³/mol. The van der Waals surface area contributed by atoms with E-state index < -0.39 is 0 Å². The molecule has 0 fully saturated rings. The molecular formula is C14H19N3OS. The SMILES string of the molecule is Cc1cn2c(C=CC(=O)NCC(C)C)c(C)nc2s1. The van der Waals surface area contributed by atoms with Crippen molar-refractivity contribution < 1.29 is 4.79 Å². The molecule has 0 aliphatic rings. The van der Waals surface area contributed by atoms with Crippen LogP contribution in [0.4, 0.5) is 0 Å². The maximum Gasteiger partial charge on any atom is 0.244 e. The second-order valence-electron chi connectivity index (χ2n) is 5.05. The molecule has 0 bridgehead atoms. The van der Waals surface area contributed by atoms with Gasteiger partial charge in [-0.3, -0.25) is 9.20 Å². The molecule has 2 heterocycles. The smallest absolute Gasteiger partial charge is 0.244 e. The van der Waals surface area contributed by atoms with Crippen LogP contribution in [0.2, 0.25) is 0 Å². The van der Waals surface area contributed by atoms with E-state index in [4.69, 9.17) is 0 Å². The number of carbonyl (C=O) groups excluding carboxylic acids is 1. The highest BCUT2D eigenvalue weighted by Crippen LogP contribution is 2.21. The van der Waals surface area contributed by atoms with Gasteiger partial charge in [0.15, 0.2) is 4.96 Å². The van der Waals surface area contributed by atoms with E-state index in [0.29, 0.717) is 12.5 Å². The van der Waals surface area contributed by atoms with Crippen molar-refractivity contribution in [3.8, 4) is 0 Å². The van der Waals surface area contributed by atoms with E-state index in [2.05, 4.69) is 31.1 Å². The lowest BCUT2D eigenvalue weighted by Crippen LogP contribution is -2.25. The van der Waals surface area contributed by atoms with Crippen LogP contribution >= 0.6 is 11.3 Å². The normalized spacial score (nSPS) is 11.8. The number of imidazole rings is 1. The summed E-state index contributed by atoms with van der Waals surface area (Å²) < 4.78 is 2.03. The minimum absolute atomic E-state index is 0.0602. The highest BCUT2D eigenvalue weighted by Gasteiger charge is 2.08. The molecule has 5 heteroatoms. The molecule has 2 rings (SSSR count). The molecule has 1 N–H and O–H groups in total. The zero-order valence-electron chi connectivity index (χ0n) is 11.7. The lowest BCUT2D eigenvalue weighted by Gasteiger charge is -2.04. The van der Waals surface area contributed by atoms with E-state index in [0.717, 1.165) is 16.3 Å². The number of aromatic nitrogens is 2. The molecule has 0 saturated carbocycles. The number of nitrogens with zero attached hydrogens (tertiary/aromatic N) is 2. The highest BCUT2D eigenvalue weighted by atomic mass is 32.1. The summed E-state index contributed by atoms with van der Waals surface area (Å²) in [6, 6.07) is 0. The maximum atomic E-state index is 11.7. The van der Waals surface area contributed by atoms with E-state index in [1.807, 2.05) is 23.6 Å². The minimum Gasteiger partial charge on any atom is -0.352 e. The zero-order valence-corrected chi connectivity index (χ0v) is 12.5. The molecule has 0 aliphatic heterocycles. The first-order valence-electron chi connectivity index (χ1n) is 6.38. The van der Waals surface area contributed by atoms with Gasteiger partial charge in [0.2, 0.25) is 5.91 Å². The summed E-state index contributed by atoms with van der Waals surface area (Å²) in [5.74, 6) is 0.398. The largest absolute Gasteiger partial charge is 0.352 e. The zero-order chi connectivity index (χ0) is 14.0. The Kier molecular flexibility index (Phi) is 4.04. The Labute approximate surface area is 117 Å². The van der Waals surface area contributed by atoms with E-state index in [9.17, 15) is 4.79 Å². The number of fused-ring (bicyclic) bond motifs is 1. The van der Waals surface area contributed by atoms with Gasteiger partial charge >= 0.3 is 0 Å². The number of hydrogen-bond donors (Lipinski definition) is 1. The van der Waals surface area contributed by atoms with Crippen LogP contribution in [0, 0.1) is 19.8 Å². The van der Waals surface area contributed by atoms with Crippen molar-refractivity contribution >= 4 is 28.3 Å². The first kappa shape index (κ1) is 13.8. The molecule has 0 aromatic carbocycles. The van der Waals surface area contributed by atoms with Crippen LogP contribution in [0.25, 0.3) is 11.0 Å². The quantitative estimate of drug-likeness (QED) is 0.874. The molecule has 0 aliphatic carbocycles. The number of carbonyl (C=O) groups is 1. The first-order chi connectivity index (χ1) is 8.97. The Morgan fingerprint density at radius 1 is 1.53 bits per heavy atom. The molecular weight excluding hydrogens is 258 g/mol. The summed E-state index contributed by atoms with van der Waals surface area (Å²) in [7, 11) is 0. The molecule has 0 unspecified atom stereocenters. The number of hydrogen-bond acceptors (Lipinski definition) is 3. The molecule has 0 saturated heterocycles. The van der Waals surface area contributed by atoms with Gasteiger partial charge < -0.3 is 5.32 Å². The maximum absolute atomic E-state index is 11.7. The van der Waals surface area contributed by atoms with E-state index in [1.54, 1.807) is 17.4 Å². The van der Waals surface area contributed by atoms with Crippen molar-refractivity contribution in [1.29, 1.82) is 0 Å². The number of thiazole rings is 1. The molecule has 0 spiro atoms. The summed E-state index contributed by atoms with van der Waals surface area (Å²) in [6.07, 6.45) is 5.45. The summed E-state index contributed by atoms with van der Waals surface area (Å²) >= 11 is 1.65. The number of aryl methyl sites for hydroxylation is 2. The van der Waals surface area contributed by atoms with Crippen molar-refractivity contribution in [2.75, 3.05) is 6.54 Å². The third kappa shape index (κ3) is 3.23. The van der Waals surface area contributed by atoms with Gasteiger partial charge in [-0.1, -0.05) is 13.8 Å².